The summed E-state index contributed by atoms with van der Waals surface area (Å²) in [5, 5.41) is 4.53. The highest BCUT2D eigenvalue weighted by Gasteiger charge is 2.29. The van der Waals surface area contributed by atoms with E-state index in [1.807, 2.05) is 12.1 Å². The van der Waals surface area contributed by atoms with E-state index in [9.17, 15) is 0 Å². The molecule has 1 aromatic carbocycles. The van der Waals surface area contributed by atoms with Crippen LogP contribution in [0.2, 0.25) is 5.02 Å². The van der Waals surface area contributed by atoms with Gasteiger partial charge in [0.15, 0.2) is 0 Å². The molecule has 0 bridgehead atoms. The summed E-state index contributed by atoms with van der Waals surface area (Å²) >= 11 is 6.34. The number of nitrogens with zero attached hydrogens (tertiary/aromatic N) is 1. The zero-order chi connectivity index (χ0) is 13.8. The summed E-state index contributed by atoms with van der Waals surface area (Å²) in [4.78, 5) is 2.58. The third-order valence-corrected chi connectivity index (χ3v) is 4.53. The highest BCUT2D eigenvalue weighted by molar-refractivity contribution is 6.31. The first-order valence-electron chi connectivity index (χ1n) is 7.37. The van der Waals surface area contributed by atoms with Gasteiger partial charge in [0, 0.05) is 36.2 Å². The second-order valence-electron chi connectivity index (χ2n) is 5.64. The fourth-order valence-corrected chi connectivity index (χ4v) is 3.32. The van der Waals surface area contributed by atoms with Crippen molar-refractivity contribution in [3.63, 3.8) is 0 Å². The Balaban J connectivity index is 2.12. The molecular weight excluding hydrogens is 256 g/mol. The van der Waals surface area contributed by atoms with Crippen LogP contribution in [0.15, 0.2) is 24.3 Å². The molecule has 2 rings (SSSR count). The molecule has 1 N–H and O–H groups in total. The molecule has 0 amide bonds. The van der Waals surface area contributed by atoms with Crippen LogP contribution >= 0.6 is 11.6 Å². The third kappa shape index (κ3) is 3.50. The van der Waals surface area contributed by atoms with E-state index in [4.69, 9.17) is 11.6 Å². The quantitative estimate of drug-likeness (QED) is 0.901. The summed E-state index contributed by atoms with van der Waals surface area (Å²) in [5.41, 5.74) is 1.24. The highest BCUT2D eigenvalue weighted by Crippen LogP contribution is 2.29. The average Bonchev–Trinajstić information content (AvgIpc) is 2.41. The van der Waals surface area contributed by atoms with Gasteiger partial charge in [-0.15, -0.1) is 0 Å². The van der Waals surface area contributed by atoms with Crippen molar-refractivity contribution in [3.05, 3.63) is 34.9 Å². The molecule has 3 atom stereocenters. The lowest BCUT2D eigenvalue weighted by molar-refractivity contribution is 0.0959. The topological polar surface area (TPSA) is 15.3 Å². The van der Waals surface area contributed by atoms with E-state index in [0.717, 1.165) is 18.1 Å². The third-order valence-electron chi connectivity index (χ3n) is 4.19. The molecule has 3 unspecified atom stereocenters. The van der Waals surface area contributed by atoms with Crippen molar-refractivity contribution in [2.75, 3.05) is 13.1 Å². The summed E-state index contributed by atoms with van der Waals surface area (Å²) in [5.74, 6) is 0. The van der Waals surface area contributed by atoms with Gasteiger partial charge >= 0.3 is 0 Å². The maximum absolute atomic E-state index is 6.34. The number of nitrogens with one attached hydrogen (secondary N) is 1. The van der Waals surface area contributed by atoms with Gasteiger partial charge in [-0.1, -0.05) is 43.1 Å². The van der Waals surface area contributed by atoms with Crippen LogP contribution in [0.4, 0.5) is 0 Å². The molecule has 3 heteroatoms. The summed E-state index contributed by atoms with van der Waals surface area (Å²) in [6.07, 6.45) is 2.48. The first-order valence-corrected chi connectivity index (χ1v) is 7.74. The molecule has 1 heterocycles. The molecule has 0 aliphatic carbocycles. The fourth-order valence-electron chi connectivity index (χ4n) is 3.03. The van der Waals surface area contributed by atoms with E-state index in [0.29, 0.717) is 18.1 Å². The van der Waals surface area contributed by atoms with Crippen molar-refractivity contribution < 1.29 is 0 Å². The van der Waals surface area contributed by atoms with Crippen LogP contribution in [0.1, 0.15) is 45.2 Å². The summed E-state index contributed by atoms with van der Waals surface area (Å²) in [7, 11) is 0. The second kappa shape index (κ2) is 6.74. The van der Waals surface area contributed by atoms with Crippen LogP contribution < -0.4 is 5.32 Å². The molecule has 0 saturated carbocycles. The molecule has 0 aromatic heterocycles. The van der Waals surface area contributed by atoms with E-state index >= 15 is 0 Å². The van der Waals surface area contributed by atoms with Crippen LogP contribution in [0.25, 0.3) is 0 Å². The minimum atomic E-state index is 0.380. The molecule has 1 saturated heterocycles. The van der Waals surface area contributed by atoms with Crippen molar-refractivity contribution in [1.29, 1.82) is 0 Å². The Morgan fingerprint density at radius 3 is 2.84 bits per heavy atom. The Kier molecular flexibility index (Phi) is 5.26. The van der Waals surface area contributed by atoms with Gasteiger partial charge in [-0.3, -0.25) is 4.90 Å². The zero-order valence-corrected chi connectivity index (χ0v) is 13.0. The van der Waals surface area contributed by atoms with Crippen molar-refractivity contribution in [1.82, 2.24) is 10.2 Å². The molecule has 1 aliphatic heterocycles. The van der Waals surface area contributed by atoms with Gasteiger partial charge in [0.25, 0.3) is 0 Å². The molecule has 19 heavy (non-hydrogen) atoms. The summed E-state index contributed by atoms with van der Waals surface area (Å²) in [6.45, 7) is 9.00. The van der Waals surface area contributed by atoms with Gasteiger partial charge in [0.05, 0.1) is 0 Å². The van der Waals surface area contributed by atoms with Crippen LogP contribution in [-0.2, 0) is 0 Å². The van der Waals surface area contributed by atoms with E-state index in [1.54, 1.807) is 0 Å². The molecule has 0 radical (unpaired) electrons. The maximum atomic E-state index is 6.34. The van der Waals surface area contributed by atoms with Gasteiger partial charge in [-0.2, -0.15) is 0 Å². The molecule has 2 nitrogen and oxygen atoms in total. The first-order chi connectivity index (χ1) is 9.13. The Labute approximate surface area is 122 Å². The van der Waals surface area contributed by atoms with E-state index < -0.39 is 0 Å². The monoisotopic (exact) mass is 280 g/mol. The Hall–Kier alpha value is -0.570. The van der Waals surface area contributed by atoms with E-state index in [1.165, 1.54) is 18.4 Å². The second-order valence-corrected chi connectivity index (χ2v) is 6.04. The molecule has 1 aromatic rings. The predicted octanol–water partition coefficient (Wildman–Crippen LogP) is 3.86. The number of halogens is 1. The SMILES string of the molecule is CCCC1CN(C(C)c2ccccc2Cl)C(C)CN1. The Bertz CT molecular complexity index is 407. The highest BCUT2D eigenvalue weighted by atomic mass is 35.5. The zero-order valence-electron chi connectivity index (χ0n) is 12.2. The summed E-state index contributed by atoms with van der Waals surface area (Å²) < 4.78 is 0. The molecule has 106 valence electrons. The van der Waals surface area contributed by atoms with Crippen LogP contribution in [-0.4, -0.2) is 30.1 Å². The van der Waals surface area contributed by atoms with Crippen molar-refractivity contribution in [3.8, 4) is 0 Å². The molecular formula is C16H25ClN2. The lowest BCUT2D eigenvalue weighted by Crippen LogP contribution is -2.55. The van der Waals surface area contributed by atoms with Gasteiger partial charge < -0.3 is 5.32 Å². The molecule has 1 aliphatic rings. The number of piperazine rings is 1. The smallest absolute Gasteiger partial charge is 0.0453 e. The number of hydrogen-bond acceptors (Lipinski definition) is 2. The van der Waals surface area contributed by atoms with Crippen molar-refractivity contribution in [2.45, 2.75) is 51.7 Å². The molecule has 1 fully saturated rings. The van der Waals surface area contributed by atoms with Gasteiger partial charge in [0.1, 0.15) is 0 Å². The minimum Gasteiger partial charge on any atom is -0.311 e. The fraction of sp³-hybridized carbons (Fsp3) is 0.625. The van der Waals surface area contributed by atoms with Gasteiger partial charge in [-0.05, 0) is 31.9 Å². The van der Waals surface area contributed by atoms with Crippen LogP contribution in [0.5, 0.6) is 0 Å². The summed E-state index contributed by atoms with van der Waals surface area (Å²) in [6, 6.07) is 9.77. The Morgan fingerprint density at radius 1 is 1.42 bits per heavy atom. The minimum absolute atomic E-state index is 0.380. The van der Waals surface area contributed by atoms with Crippen LogP contribution in [0.3, 0.4) is 0 Å². The normalized spacial score (nSPS) is 26.3. The standard InChI is InChI=1S/C16H25ClN2/c1-4-7-14-11-19(12(2)10-18-14)13(3)15-8-5-6-9-16(15)17/h5-6,8-9,12-14,18H,4,7,10-11H2,1-3H3. The van der Waals surface area contributed by atoms with Crippen molar-refractivity contribution in [2.24, 2.45) is 0 Å². The van der Waals surface area contributed by atoms with Gasteiger partial charge in [-0.25, -0.2) is 0 Å². The van der Waals surface area contributed by atoms with E-state index in [2.05, 4.69) is 43.1 Å². The number of rotatable bonds is 4. The average molecular weight is 281 g/mol. The van der Waals surface area contributed by atoms with E-state index in [-0.39, 0.29) is 0 Å². The number of benzene rings is 1. The lowest BCUT2D eigenvalue weighted by atomic mass is 10.00. The lowest BCUT2D eigenvalue weighted by Gasteiger charge is -2.42. The maximum Gasteiger partial charge on any atom is 0.0453 e. The predicted molar refractivity (Wildman–Crippen MR) is 82.7 cm³/mol. The number of hydrogen-bond donors (Lipinski definition) is 1. The first kappa shape index (κ1) is 14.8. The van der Waals surface area contributed by atoms with Crippen LogP contribution in [0, 0.1) is 0 Å². The molecule has 0 spiro atoms. The van der Waals surface area contributed by atoms with Crippen molar-refractivity contribution >= 4 is 11.6 Å². The Morgan fingerprint density at radius 2 is 2.16 bits per heavy atom. The largest absolute Gasteiger partial charge is 0.311 e. The van der Waals surface area contributed by atoms with Gasteiger partial charge in [0.2, 0.25) is 0 Å².